The molecule has 0 aliphatic heterocycles. The molecule has 0 unspecified atom stereocenters. The minimum Gasteiger partial charge on any atom is -0.481 e. The second-order valence-electron chi connectivity index (χ2n) is 3.62. The molecular formula is C11H24Cl2O2. The van der Waals surface area contributed by atoms with Gasteiger partial charge in [0.1, 0.15) is 0 Å². The van der Waals surface area contributed by atoms with Crippen molar-refractivity contribution in [3.05, 3.63) is 0 Å². The van der Waals surface area contributed by atoms with Gasteiger partial charge in [-0.3, -0.25) is 4.79 Å². The van der Waals surface area contributed by atoms with Gasteiger partial charge in [-0.1, -0.05) is 51.9 Å². The lowest BCUT2D eigenvalue weighted by atomic mass is 10.1. The molecule has 0 fully saturated rings. The van der Waals surface area contributed by atoms with Crippen molar-refractivity contribution in [2.45, 2.75) is 64.7 Å². The highest BCUT2D eigenvalue weighted by molar-refractivity contribution is 5.85. The van der Waals surface area contributed by atoms with Crippen LogP contribution in [0, 0.1) is 0 Å². The SMILES string of the molecule is CCCCCCCCCCC(=O)O.Cl.Cl. The van der Waals surface area contributed by atoms with E-state index in [1.807, 2.05) is 0 Å². The Labute approximate surface area is 106 Å². The van der Waals surface area contributed by atoms with Gasteiger partial charge < -0.3 is 5.11 Å². The van der Waals surface area contributed by atoms with Gasteiger partial charge in [-0.25, -0.2) is 0 Å². The summed E-state index contributed by atoms with van der Waals surface area (Å²) in [6.07, 6.45) is 10.1. The Morgan fingerprint density at radius 1 is 0.867 bits per heavy atom. The number of carboxylic acids is 1. The lowest BCUT2D eigenvalue weighted by molar-refractivity contribution is -0.137. The molecule has 2 nitrogen and oxygen atoms in total. The fourth-order valence-electron chi connectivity index (χ4n) is 1.41. The van der Waals surface area contributed by atoms with E-state index in [2.05, 4.69) is 6.92 Å². The number of halogens is 2. The Hall–Kier alpha value is 0.0500. The molecule has 0 radical (unpaired) electrons. The molecular weight excluding hydrogens is 235 g/mol. The van der Waals surface area contributed by atoms with Crippen molar-refractivity contribution in [2.75, 3.05) is 0 Å². The second-order valence-corrected chi connectivity index (χ2v) is 3.62. The summed E-state index contributed by atoms with van der Waals surface area (Å²) in [5.74, 6) is -0.661. The number of hydrogen-bond donors (Lipinski definition) is 1. The van der Waals surface area contributed by atoms with Crippen LogP contribution >= 0.6 is 24.8 Å². The molecule has 0 saturated carbocycles. The summed E-state index contributed by atoms with van der Waals surface area (Å²) in [5.41, 5.74) is 0. The number of hydrogen-bond acceptors (Lipinski definition) is 1. The molecule has 0 spiro atoms. The lowest BCUT2D eigenvalue weighted by Gasteiger charge is -1.99. The van der Waals surface area contributed by atoms with E-state index in [0.29, 0.717) is 6.42 Å². The zero-order valence-corrected chi connectivity index (χ0v) is 11.2. The summed E-state index contributed by atoms with van der Waals surface area (Å²) in [6, 6.07) is 0. The molecule has 0 saturated heterocycles. The summed E-state index contributed by atoms with van der Waals surface area (Å²) >= 11 is 0. The van der Waals surface area contributed by atoms with Crippen LogP contribution in [0.4, 0.5) is 0 Å². The third-order valence-electron chi connectivity index (χ3n) is 2.24. The molecule has 0 heterocycles. The van der Waals surface area contributed by atoms with Gasteiger partial charge in [0, 0.05) is 6.42 Å². The first kappa shape index (κ1) is 20.5. The Morgan fingerprint density at radius 2 is 1.27 bits per heavy atom. The van der Waals surface area contributed by atoms with E-state index in [4.69, 9.17) is 5.11 Å². The smallest absolute Gasteiger partial charge is 0.303 e. The first-order valence-corrected chi connectivity index (χ1v) is 5.49. The predicted molar refractivity (Wildman–Crippen MR) is 69.4 cm³/mol. The number of carboxylic acid groups (broad SMARTS) is 1. The minimum absolute atomic E-state index is 0. The van der Waals surface area contributed by atoms with Crippen molar-refractivity contribution in [3.8, 4) is 0 Å². The highest BCUT2D eigenvalue weighted by Gasteiger charge is 1.95. The van der Waals surface area contributed by atoms with Crippen LogP contribution in [0.2, 0.25) is 0 Å². The van der Waals surface area contributed by atoms with Gasteiger partial charge in [0.25, 0.3) is 0 Å². The predicted octanol–water partition coefficient (Wildman–Crippen LogP) is 4.45. The Kier molecular flexibility index (Phi) is 22.5. The highest BCUT2D eigenvalue weighted by Crippen LogP contribution is 2.09. The Balaban J connectivity index is -0.000000720. The molecule has 0 aliphatic carbocycles. The van der Waals surface area contributed by atoms with E-state index in [0.717, 1.165) is 12.8 Å². The summed E-state index contributed by atoms with van der Waals surface area (Å²) < 4.78 is 0. The molecule has 0 bridgehead atoms. The highest BCUT2D eigenvalue weighted by atomic mass is 35.5. The second kappa shape index (κ2) is 16.5. The average molecular weight is 259 g/mol. The molecule has 0 atom stereocenters. The van der Waals surface area contributed by atoms with Crippen molar-refractivity contribution >= 4 is 30.8 Å². The molecule has 4 heteroatoms. The summed E-state index contributed by atoms with van der Waals surface area (Å²) in [7, 11) is 0. The van der Waals surface area contributed by atoms with Crippen molar-refractivity contribution in [1.82, 2.24) is 0 Å². The van der Waals surface area contributed by atoms with Crippen molar-refractivity contribution in [3.63, 3.8) is 0 Å². The van der Waals surface area contributed by atoms with E-state index in [1.165, 1.54) is 38.5 Å². The van der Waals surface area contributed by atoms with E-state index >= 15 is 0 Å². The molecule has 0 aliphatic rings. The molecule has 0 aromatic carbocycles. The lowest BCUT2D eigenvalue weighted by Crippen LogP contribution is -1.93. The van der Waals surface area contributed by atoms with Gasteiger partial charge in [-0.2, -0.15) is 0 Å². The number of rotatable bonds is 9. The summed E-state index contributed by atoms with van der Waals surface area (Å²) in [6.45, 7) is 2.22. The largest absolute Gasteiger partial charge is 0.481 e. The number of aliphatic carboxylic acids is 1. The van der Waals surface area contributed by atoms with E-state index in [9.17, 15) is 4.79 Å². The summed E-state index contributed by atoms with van der Waals surface area (Å²) in [5, 5.41) is 8.39. The van der Waals surface area contributed by atoms with Crippen LogP contribution in [0.1, 0.15) is 64.7 Å². The van der Waals surface area contributed by atoms with Crippen LogP contribution in [-0.2, 0) is 4.79 Å². The fourth-order valence-corrected chi connectivity index (χ4v) is 1.41. The van der Waals surface area contributed by atoms with E-state index < -0.39 is 5.97 Å². The topological polar surface area (TPSA) is 37.3 Å². The molecule has 0 rings (SSSR count). The fraction of sp³-hybridized carbons (Fsp3) is 0.909. The van der Waals surface area contributed by atoms with Crippen LogP contribution < -0.4 is 0 Å². The first-order valence-electron chi connectivity index (χ1n) is 5.49. The zero-order chi connectivity index (χ0) is 9.94. The third-order valence-corrected chi connectivity index (χ3v) is 2.24. The summed E-state index contributed by atoms with van der Waals surface area (Å²) in [4.78, 5) is 10.2. The molecule has 94 valence electrons. The maximum Gasteiger partial charge on any atom is 0.303 e. The van der Waals surface area contributed by atoms with Crippen LogP contribution in [0.3, 0.4) is 0 Å². The first-order chi connectivity index (χ1) is 6.27. The van der Waals surface area contributed by atoms with Gasteiger partial charge in [-0.05, 0) is 6.42 Å². The molecule has 1 N–H and O–H groups in total. The van der Waals surface area contributed by atoms with Crippen LogP contribution in [0.25, 0.3) is 0 Å². The zero-order valence-electron chi connectivity index (χ0n) is 9.54. The van der Waals surface area contributed by atoms with Crippen LogP contribution in [0.5, 0.6) is 0 Å². The Bertz CT molecular complexity index is 130. The van der Waals surface area contributed by atoms with Gasteiger partial charge in [0.2, 0.25) is 0 Å². The quantitative estimate of drug-likeness (QED) is 0.621. The van der Waals surface area contributed by atoms with Crippen LogP contribution in [0.15, 0.2) is 0 Å². The normalized spacial score (nSPS) is 8.87. The van der Waals surface area contributed by atoms with Crippen molar-refractivity contribution in [2.24, 2.45) is 0 Å². The average Bonchev–Trinajstić information content (AvgIpc) is 2.09. The molecule has 0 amide bonds. The van der Waals surface area contributed by atoms with Crippen LogP contribution in [-0.4, -0.2) is 11.1 Å². The van der Waals surface area contributed by atoms with E-state index in [-0.39, 0.29) is 24.8 Å². The molecule has 15 heavy (non-hydrogen) atoms. The van der Waals surface area contributed by atoms with Gasteiger partial charge in [0.05, 0.1) is 0 Å². The van der Waals surface area contributed by atoms with Gasteiger partial charge in [0.15, 0.2) is 0 Å². The maximum atomic E-state index is 10.2. The van der Waals surface area contributed by atoms with E-state index in [1.54, 1.807) is 0 Å². The minimum atomic E-state index is -0.661. The Morgan fingerprint density at radius 3 is 1.67 bits per heavy atom. The van der Waals surface area contributed by atoms with Gasteiger partial charge in [-0.15, -0.1) is 24.8 Å². The third kappa shape index (κ3) is 20.2. The van der Waals surface area contributed by atoms with Crippen molar-refractivity contribution in [1.29, 1.82) is 0 Å². The maximum absolute atomic E-state index is 10.2. The standard InChI is InChI=1S/C11H22O2.2ClH/c1-2-3-4-5-6-7-8-9-10-11(12)13;;/h2-10H2,1H3,(H,12,13);2*1H. The number of carbonyl (C=O) groups is 1. The monoisotopic (exact) mass is 258 g/mol. The number of unbranched alkanes of at least 4 members (excludes halogenated alkanes) is 7. The van der Waals surface area contributed by atoms with Crippen molar-refractivity contribution < 1.29 is 9.90 Å². The molecule has 0 aromatic heterocycles. The molecule has 0 aromatic rings. The van der Waals surface area contributed by atoms with Gasteiger partial charge >= 0.3 is 5.97 Å².